The molecule has 0 aliphatic carbocycles. The monoisotopic (exact) mass is 256 g/mol. The van der Waals surface area contributed by atoms with E-state index in [1.165, 1.54) is 0 Å². The van der Waals surface area contributed by atoms with E-state index in [1.54, 1.807) is 12.1 Å². The van der Waals surface area contributed by atoms with Gasteiger partial charge in [-0.1, -0.05) is 42.5 Å². The number of amides is 1. The number of rotatable bonds is 4. The summed E-state index contributed by atoms with van der Waals surface area (Å²) in [5.74, 6) is 0.524. The van der Waals surface area contributed by atoms with Gasteiger partial charge in [0.1, 0.15) is 5.75 Å². The number of carbonyl (C=O) groups is 1. The van der Waals surface area contributed by atoms with Gasteiger partial charge in [-0.25, -0.2) is 4.79 Å². The highest BCUT2D eigenvalue weighted by Gasteiger charge is 2.03. The van der Waals surface area contributed by atoms with Crippen molar-refractivity contribution in [1.29, 1.82) is 0 Å². The summed E-state index contributed by atoms with van der Waals surface area (Å²) in [6, 6.07) is 16.7. The molecule has 0 fully saturated rings. The molecule has 2 aromatic rings. The van der Waals surface area contributed by atoms with Gasteiger partial charge in [0.05, 0.1) is 0 Å². The number of hydrogen-bond acceptors (Lipinski definition) is 3. The second kappa shape index (κ2) is 6.56. The van der Waals surface area contributed by atoms with Crippen LogP contribution in [0.15, 0.2) is 54.6 Å². The molecule has 0 spiro atoms. The molecule has 0 radical (unpaired) electrons. The first kappa shape index (κ1) is 13.1. The second-order valence-electron chi connectivity index (χ2n) is 4.08. The molecule has 0 aliphatic heterocycles. The summed E-state index contributed by atoms with van der Waals surface area (Å²) in [5.41, 5.74) is 7.60. The van der Waals surface area contributed by atoms with Gasteiger partial charge in [-0.05, 0) is 23.3 Å². The van der Waals surface area contributed by atoms with Crippen molar-refractivity contribution in [2.75, 3.05) is 0 Å². The molecule has 0 bridgehead atoms. The number of nitrogens with one attached hydrogen (secondary N) is 1. The smallest absolute Gasteiger partial charge is 0.410 e. The van der Waals surface area contributed by atoms with Crippen molar-refractivity contribution in [2.45, 2.75) is 13.1 Å². The molecule has 0 unspecified atom stereocenters. The minimum absolute atomic E-state index is 0.416. The first-order valence-corrected chi connectivity index (χ1v) is 6.06. The fraction of sp³-hybridized carbons (Fsp3) is 0.133. The molecule has 98 valence electrons. The number of para-hydroxylation sites is 1. The van der Waals surface area contributed by atoms with E-state index in [0.29, 0.717) is 18.8 Å². The predicted molar refractivity (Wildman–Crippen MR) is 73.6 cm³/mol. The van der Waals surface area contributed by atoms with Crippen LogP contribution in [0.1, 0.15) is 11.1 Å². The molecule has 2 aromatic carbocycles. The van der Waals surface area contributed by atoms with E-state index >= 15 is 0 Å². The van der Waals surface area contributed by atoms with Crippen LogP contribution in [0.25, 0.3) is 0 Å². The Hall–Kier alpha value is -2.33. The summed E-state index contributed by atoms with van der Waals surface area (Å²) in [7, 11) is 0. The van der Waals surface area contributed by atoms with Gasteiger partial charge < -0.3 is 15.8 Å². The van der Waals surface area contributed by atoms with Gasteiger partial charge in [0.15, 0.2) is 0 Å². The van der Waals surface area contributed by atoms with Gasteiger partial charge in [-0.15, -0.1) is 0 Å². The van der Waals surface area contributed by atoms with Crippen molar-refractivity contribution in [3.8, 4) is 5.75 Å². The number of benzene rings is 2. The Morgan fingerprint density at radius 3 is 2.53 bits per heavy atom. The zero-order valence-electron chi connectivity index (χ0n) is 10.5. The van der Waals surface area contributed by atoms with Gasteiger partial charge >= 0.3 is 6.09 Å². The van der Waals surface area contributed by atoms with E-state index in [-0.39, 0.29) is 0 Å². The highest BCUT2D eigenvalue weighted by molar-refractivity contribution is 5.70. The molecule has 1 amide bonds. The molecule has 3 N–H and O–H groups in total. The zero-order chi connectivity index (χ0) is 13.5. The first-order valence-electron chi connectivity index (χ1n) is 6.06. The Balaban J connectivity index is 1.86. The lowest BCUT2D eigenvalue weighted by Gasteiger charge is -2.07. The van der Waals surface area contributed by atoms with Gasteiger partial charge in [-0.2, -0.15) is 0 Å². The maximum atomic E-state index is 11.6. The Morgan fingerprint density at radius 2 is 1.79 bits per heavy atom. The third kappa shape index (κ3) is 4.12. The minimum atomic E-state index is -0.468. The van der Waals surface area contributed by atoms with Crippen LogP contribution in [-0.4, -0.2) is 6.09 Å². The summed E-state index contributed by atoms with van der Waals surface area (Å²) in [5, 5.41) is 2.70. The van der Waals surface area contributed by atoms with Crippen molar-refractivity contribution >= 4 is 6.09 Å². The van der Waals surface area contributed by atoms with Crippen molar-refractivity contribution < 1.29 is 9.53 Å². The molecule has 0 heterocycles. The molecule has 0 aliphatic rings. The van der Waals surface area contributed by atoms with Crippen molar-refractivity contribution in [2.24, 2.45) is 5.73 Å². The number of nitrogens with two attached hydrogens (primary N) is 1. The van der Waals surface area contributed by atoms with E-state index in [4.69, 9.17) is 10.5 Å². The van der Waals surface area contributed by atoms with Gasteiger partial charge in [0, 0.05) is 13.1 Å². The number of hydrogen-bond donors (Lipinski definition) is 2. The van der Waals surface area contributed by atoms with Gasteiger partial charge in [0.25, 0.3) is 0 Å². The van der Waals surface area contributed by atoms with E-state index in [1.807, 2.05) is 42.5 Å². The second-order valence-corrected chi connectivity index (χ2v) is 4.08. The molecule has 0 saturated heterocycles. The van der Waals surface area contributed by atoms with Gasteiger partial charge in [0.2, 0.25) is 0 Å². The molecule has 4 heteroatoms. The Bertz CT molecular complexity index is 541. The quantitative estimate of drug-likeness (QED) is 0.883. The molecule has 0 atom stereocenters. The fourth-order valence-electron chi connectivity index (χ4n) is 1.67. The fourth-order valence-corrected chi connectivity index (χ4v) is 1.67. The molecule has 4 nitrogen and oxygen atoms in total. The van der Waals surface area contributed by atoms with E-state index in [0.717, 1.165) is 11.1 Å². The Kier molecular flexibility index (Phi) is 4.53. The van der Waals surface area contributed by atoms with E-state index < -0.39 is 6.09 Å². The Labute approximate surface area is 112 Å². The van der Waals surface area contributed by atoms with Crippen molar-refractivity contribution in [3.05, 3.63) is 65.7 Å². The maximum absolute atomic E-state index is 11.6. The molecule has 0 saturated carbocycles. The van der Waals surface area contributed by atoms with Crippen LogP contribution in [0.2, 0.25) is 0 Å². The Morgan fingerprint density at radius 1 is 1.05 bits per heavy atom. The maximum Gasteiger partial charge on any atom is 0.412 e. The summed E-state index contributed by atoms with van der Waals surface area (Å²) in [4.78, 5) is 11.6. The topological polar surface area (TPSA) is 64.3 Å². The highest BCUT2D eigenvalue weighted by atomic mass is 16.5. The van der Waals surface area contributed by atoms with Crippen LogP contribution in [0, 0.1) is 0 Å². The van der Waals surface area contributed by atoms with Crippen LogP contribution in [0.3, 0.4) is 0 Å². The molecule has 2 rings (SSSR count). The largest absolute Gasteiger partial charge is 0.412 e. The van der Waals surface area contributed by atoms with Crippen molar-refractivity contribution in [3.63, 3.8) is 0 Å². The van der Waals surface area contributed by atoms with Crippen LogP contribution in [0.4, 0.5) is 4.79 Å². The third-order valence-electron chi connectivity index (χ3n) is 2.62. The molecule has 19 heavy (non-hydrogen) atoms. The van der Waals surface area contributed by atoms with E-state index in [2.05, 4.69) is 5.32 Å². The average molecular weight is 256 g/mol. The molecular formula is C15H16N2O2. The number of carbonyl (C=O) groups excluding carboxylic acids is 1. The van der Waals surface area contributed by atoms with Crippen molar-refractivity contribution in [1.82, 2.24) is 5.32 Å². The average Bonchev–Trinajstić information content (AvgIpc) is 2.46. The highest BCUT2D eigenvalue weighted by Crippen LogP contribution is 2.09. The van der Waals surface area contributed by atoms with Crippen LogP contribution in [-0.2, 0) is 13.1 Å². The summed E-state index contributed by atoms with van der Waals surface area (Å²) < 4.78 is 5.12. The van der Waals surface area contributed by atoms with Gasteiger partial charge in [-0.3, -0.25) is 0 Å². The number of ether oxygens (including phenoxy) is 1. The lowest BCUT2D eigenvalue weighted by atomic mass is 10.1. The normalized spacial score (nSPS) is 9.95. The lowest BCUT2D eigenvalue weighted by molar-refractivity contribution is 0.200. The summed E-state index contributed by atoms with van der Waals surface area (Å²) in [6.45, 7) is 0.905. The van der Waals surface area contributed by atoms with Crippen LogP contribution >= 0.6 is 0 Å². The van der Waals surface area contributed by atoms with Crippen LogP contribution in [0.5, 0.6) is 5.75 Å². The lowest BCUT2D eigenvalue weighted by Crippen LogP contribution is -2.26. The predicted octanol–water partition coefficient (Wildman–Crippen LogP) is 2.43. The molecule has 0 aromatic heterocycles. The minimum Gasteiger partial charge on any atom is -0.410 e. The van der Waals surface area contributed by atoms with E-state index in [9.17, 15) is 4.79 Å². The first-order chi connectivity index (χ1) is 9.28. The standard InChI is InChI=1S/C15H16N2O2/c16-10-12-5-4-6-13(9-12)11-17-15(18)19-14-7-2-1-3-8-14/h1-9H,10-11,16H2,(H,17,18). The zero-order valence-corrected chi connectivity index (χ0v) is 10.5. The molecular weight excluding hydrogens is 240 g/mol. The SMILES string of the molecule is NCc1cccc(CNC(=O)Oc2ccccc2)c1. The summed E-state index contributed by atoms with van der Waals surface area (Å²) in [6.07, 6.45) is -0.468. The summed E-state index contributed by atoms with van der Waals surface area (Å²) >= 11 is 0. The van der Waals surface area contributed by atoms with Crippen LogP contribution < -0.4 is 15.8 Å². The third-order valence-corrected chi connectivity index (χ3v) is 2.62.